The zero-order chi connectivity index (χ0) is 12.4. The van der Waals surface area contributed by atoms with Crippen molar-refractivity contribution in [2.45, 2.75) is 51.4 Å². The molecule has 1 saturated carbocycles. The molecular weight excluding hydrogens is 238 g/mol. The van der Waals surface area contributed by atoms with Gasteiger partial charge in [-0.2, -0.15) is 5.10 Å². The summed E-state index contributed by atoms with van der Waals surface area (Å²) >= 11 is 6.16. The number of rotatable bonds is 3. The highest BCUT2D eigenvalue weighted by atomic mass is 35.5. The van der Waals surface area contributed by atoms with E-state index in [1.807, 2.05) is 14.0 Å². The number of nitrogens with zero attached hydrogens (tertiary/aromatic N) is 2. The van der Waals surface area contributed by atoms with Gasteiger partial charge >= 0.3 is 0 Å². The molecule has 1 fully saturated rings. The zero-order valence-electron chi connectivity index (χ0n) is 10.4. The van der Waals surface area contributed by atoms with Crippen LogP contribution in [0.15, 0.2) is 0 Å². The number of ether oxygens (including phenoxy) is 1. The monoisotopic (exact) mass is 257 g/mol. The van der Waals surface area contributed by atoms with Crippen molar-refractivity contribution < 1.29 is 4.74 Å². The zero-order valence-corrected chi connectivity index (χ0v) is 11.2. The second kappa shape index (κ2) is 5.38. The standard InChI is InChI=1S/C12H20ClN3O/c1-8-11(12(13)16(2)15-8)7-17-10-5-3-4-9(14)6-10/h9-10H,3-7,14H2,1-2H3. The maximum Gasteiger partial charge on any atom is 0.132 e. The van der Waals surface area contributed by atoms with Gasteiger partial charge in [0.05, 0.1) is 18.4 Å². The van der Waals surface area contributed by atoms with Gasteiger partial charge in [0, 0.05) is 18.7 Å². The molecule has 1 aliphatic carbocycles. The molecular formula is C12H20ClN3O. The van der Waals surface area contributed by atoms with E-state index < -0.39 is 0 Å². The average Bonchev–Trinajstić information content (AvgIpc) is 2.51. The summed E-state index contributed by atoms with van der Waals surface area (Å²) < 4.78 is 7.58. The molecule has 0 amide bonds. The van der Waals surface area contributed by atoms with E-state index >= 15 is 0 Å². The Morgan fingerprint density at radius 3 is 2.88 bits per heavy atom. The number of hydrogen-bond donors (Lipinski definition) is 1. The van der Waals surface area contributed by atoms with Crippen molar-refractivity contribution in [1.82, 2.24) is 9.78 Å². The average molecular weight is 258 g/mol. The highest BCUT2D eigenvalue weighted by Crippen LogP contribution is 2.24. The third-order valence-electron chi connectivity index (χ3n) is 3.40. The van der Waals surface area contributed by atoms with E-state index in [1.54, 1.807) is 4.68 Å². The van der Waals surface area contributed by atoms with Crippen molar-refractivity contribution in [3.05, 3.63) is 16.4 Å². The molecule has 17 heavy (non-hydrogen) atoms. The van der Waals surface area contributed by atoms with E-state index in [2.05, 4.69) is 5.10 Å². The van der Waals surface area contributed by atoms with Gasteiger partial charge in [-0.3, -0.25) is 4.68 Å². The van der Waals surface area contributed by atoms with Crippen molar-refractivity contribution in [1.29, 1.82) is 0 Å². The summed E-state index contributed by atoms with van der Waals surface area (Å²) in [6, 6.07) is 0.291. The molecule has 1 heterocycles. The van der Waals surface area contributed by atoms with Crippen LogP contribution >= 0.6 is 11.6 Å². The number of nitrogens with two attached hydrogens (primary N) is 1. The Morgan fingerprint density at radius 1 is 1.53 bits per heavy atom. The molecule has 0 aliphatic heterocycles. The number of halogens is 1. The lowest BCUT2D eigenvalue weighted by atomic mass is 9.93. The second-order valence-electron chi connectivity index (χ2n) is 4.84. The fourth-order valence-electron chi connectivity index (χ4n) is 2.37. The minimum Gasteiger partial charge on any atom is -0.373 e. The van der Waals surface area contributed by atoms with Crippen molar-refractivity contribution >= 4 is 11.6 Å². The Morgan fingerprint density at radius 2 is 2.29 bits per heavy atom. The van der Waals surface area contributed by atoms with Crippen molar-refractivity contribution in [2.24, 2.45) is 12.8 Å². The first kappa shape index (κ1) is 12.9. The highest BCUT2D eigenvalue weighted by molar-refractivity contribution is 6.30. The maximum absolute atomic E-state index is 6.16. The fourth-order valence-corrected chi connectivity index (χ4v) is 2.60. The van der Waals surface area contributed by atoms with Crippen LogP contribution in [0.2, 0.25) is 5.15 Å². The van der Waals surface area contributed by atoms with Gasteiger partial charge in [-0.1, -0.05) is 11.6 Å². The molecule has 0 spiro atoms. The minimum absolute atomic E-state index is 0.273. The lowest BCUT2D eigenvalue weighted by Gasteiger charge is -2.26. The summed E-state index contributed by atoms with van der Waals surface area (Å²) in [6.45, 7) is 2.49. The van der Waals surface area contributed by atoms with Crippen molar-refractivity contribution in [2.75, 3.05) is 0 Å². The molecule has 0 aromatic carbocycles. The SMILES string of the molecule is Cc1nn(C)c(Cl)c1COC1CCCC(N)C1. The summed E-state index contributed by atoms with van der Waals surface area (Å²) in [6.07, 6.45) is 4.61. The number of hydrogen-bond acceptors (Lipinski definition) is 3. The molecule has 2 atom stereocenters. The number of aromatic nitrogens is 2. The molecule has 0 radical (unpaired) electrons. The molecule has 2 rings (SSSR count). The first-order chi connectivity index (χ1) is 8.08. The molecule has 0 bridgehead atoms. The molecule has 4 nitrogen and oxygen atoms in total. The summed E-state index contributed by atoms with van der Waals surface area (Å²) in [4.78, 5) is 0. The normalized spacial score (nSPS) is 25.2. The van der Waals surface area contributed by atoms with Gasteiger partial charge in [0.1, 0.15) is 5.15 Å². The lowest BCUT2D eigenvalue weighted by Crippen LogP contribution is -2.32. The fraction of sp³-hybridized carbons (Fsp3) is 0.750. The van der Waals surface area contributed by atoms with E-state index in [1.165, 1.54) is 0 Å². The first-order valence-corrected chi connectivity index (χ1v) is 6.51. The largest absolute Gasteiger partial charge is 0.373 e. The van der Waals surface area contributed by atoms with Crippen LogP contribution in [0.25, 0.3) is 0 Å². The van der Waals surface area contributed by atoms with Crippen LogP contribution in [-0.4, -0.2) is 21.9 Å². The van der Waals surface area contributed by atoms with E-state index in [-0.39, 0.29) is 6.10 Å². The van der Waals surface area contributed by atoms with Gasteiger partial charge in [-0.25, -0.2) is 0 Å². The molecule has 1 aromatic rings. The van der Waals surface area contributed by atoms with E-state index in [9.17, 15) is 0 Å². The number of aryl methyl sites for hydroxylation is 2. The first-order valence-electron chi connectivity index (χ1n) is 6.13. The summed E-state index contributed by atoms with van der Waals surface area (Å²) in [5.74, 6) is 0. The van der Waals surface area contributed by atoms with Crippen LogP contribution in [0.3, 0.4) is 0 Å². The Balaban J connectivity index is 1.93. The van der Waals surface area contributed by atoms with Crippen LogP contribution in [0.5, 0.6) is 0 Å². The molecule has 5 heteroatoms. The maximum atomic E-state index is 6.16. The topological polar surface area (TPSA) is 53.1 Å². The van der Waals surface area contributed by atoms with Crippen LogP contribution < -0.4 is 5.73 Å². The summed E-state index contributed by atoms with van der Waals surface area (Å²) in [5.41, 5.74) is 7.87. The van der Waals surface area contributed by atoms with Crippen LogP contribution in [0.4, 0.5) is 0 Å². The Hall–Kier alpha value is -0.580. The van der Waals surface area contributed by atoms with Gasteiger partial charge in [-0.15, -0.1) is 0 Å². The Labute approximate surface area is 107 Å². The summed E-state index contributed by atoms with van der Waals surface area (Å²) in [7, 11) is 1.84. The third-order valence-corrected chi connectivity index (χ3v) is 3.87. The molecule has 1 aliphatic rings. The predicted octanol–water partition coefficient (Wildman–Crippen LogP) is 2.17. The van der Waals surface area contributed by atoms with Crippen LogP contribution in [0, 0.1) is 6.92 Å². The van der Waals surface area contributed by atoms with E-state index in [4.69, 9.17) is 22.1 Å². The van der Waals surface area contributed by atoms with Gasteiger partial charge in [0.25, 0.3) is 0 Å². The van der Waals surface area contributed by atoms with E-state index in [0.717, 1.165) is 36.9 Å². The summed E-state index contributed by atoms with van der Waals surface area (Å²) in [5, 5.41) is 4.94. The van der Waals surface area contributed by atoms with Gasteiger partial charge in [0.2, 0.25) is 0 Å². The van der Waals surface area contributed by atoms with Crippen LogP contribution in [0.1, 0.15) is 36.9 Å². The molecule has 2 N–H and O–H groups in total. The second-order valence-corrected chi connectivity index (χ2v) is 5.20. The van der Waals surface area contributed by atoms with E-state index in [0.29, 0.717) is 17.8 Å². The van der Waals surface area contributed by atoms with Crippen LogP contribution in [-0.2, 0) is 18.4 Å². The molecule has 1 aromatic heterocycles. The quantitative estimate of drug-likeness (QED) is 0.903. The lowest BCUT2D eigenvalue weighted by molar-refractivity contribution is 0.0121. The Bertz CT molecular complexity index is 391. The van der Waals surface area contributed by atoms with Gasteiger partial charge in [0.15, 0.2) is 0 Å². The third kappa shape index (κ3) is 3.00. The minimum atomic E-state index is 0.273. The predicted molar refractivity (Wildman–Crippen MR) is 68.0 cm³/mol. The molecule has 96 valence electrons. The molecule has 2 unspecified atom stereocenters. The van der Waals surface area contributed by atoms with Crippen molar-refractivity contribution in [3.63, 3.8) is 0 Å². The van der Waals surface area contributed by atoms with Gasteiger partial charge in [-0.05, 0) is 32.6 Å². The van der Waals surface area contributed by atoms with Crippen molar-refractivity contribution in [3.8, 4) is 0 Å². The highest BCUT2D eigenvalue weighted by Gasteiger charge is 2.21. The Kier molecular flexibility index (Phi) is 4.07. The van der Waals surface area contributed by atoms with Gasteiger partial charge < -0.3 is 10.5 Å². The smallest absolute Gasteiger partial charge is 0.132 e. The molecule has 0 saturated heterocycles.